The van der Waals surface area contributed by atoms with E-state index in [2.05, 4.69) is 54.7 Å². The summed E-state index contributed by atoms with van der Waals surface area (Å²) in [5.74, 6) is -1.29. The molecule has 0 saturated heterocycles. The number of aromatic nitrogens is 12. The molecule has 0 aliphatic carbocycles. The number of aliphatic hydroxyl groups is 1. The maximum absolute atomic E-state index is 14.0. The molecule has 3 aromatic carbocycles. The number of nitrogens with two attached hydrogens (primary N) is 2. The zero-order valence-corrected chi connectivity index (χ0v) is 70.1. The van der Waals surface area contributed by atoms with E-state index in [9.17, 15) is 28.1 Å². The highest BCUT2D eigenvalue weighted by molar-refractivity contribution is 7.59. The number of aliphatic hydroxyl groups excluding tert-OH is 1. The molecule has 6 heterocycles. The number of ether oxygens (including phenoxy) is 6. The van der Waals surface area contributed by atoms with E-state index in [1.165, 1.54) is 25.3 Å². The van der Waals surface area contributed by atoms with Crippen LogP contribution < -0.4 is 16.3 Å². The fraction of sp³-hybridized carbons (Fsp3) is 0.507. The largest absolute Gasteiger partial charge is 0.463 e. The third-order valence-corrected chi connectivity index (χ3v) is 21.3. The van der Waals surface area contributed by atoms with Gasteiger partial charge in [0.15, 0.2) is 39.9 Å². The summed E-state index contributed by atoms with van der Waals surface area (Å²) in [7, 11) is -7.14. The SMILES string of the molecule is C.CC(C)OC(=O)[C@H](C)NCl.C[C@H](Cn1cnc2c(N)ncnc21)OCP(=O)(O)O.Cc1ccccc1CO.Cc1ccccc1COP(=O)(CO[C@H](C)Cn1cnc2c(N)ncnc21)C[C@@H](C)C(=O)OC(C)C.Cc1ccccc1COP(=O)(CO[C@H](C)Cn1cnc2c(N=CN(C)C)ncnc21)C[C@@H](C)C(=O)OC(C)C. The van der Waals surface area contributed by atoms with Gasteiger partial charge in [-0.2, -0.15) is 0 Å². The number of carbonyl (C=O) groups excluding carboxylic acids is 3. The number of fused-ring (bicyclic) bond motifs is 3. The van der Waals surface area contributed by atoms with E-state index in [4.69, 9.17) is 75.6 Å². The standard InChI is InChI=1S/C27H39N6O5P.C24H34N5O5P.C9H14N5O4P.C8H10O.C6H12ClNO2.CH4/c1-19(2)38-27(34)21(4)14-39(35,37-13-23-11-9-8-10-20(23)3)18-36-22(5)12-33-17-30-24-25(31-16-32(6)7)28-15-29-26(24)33;1-16(2)34-24(30)18(4)12-35(31,33-11-20-9-7-6-8-17(20)3)15-32-19(5)10-29-14-28-21-22(25)26-13-27-23(21)29;1-6(18-5-19(15,16)17)2-14-4-13-7-8(10)11-3-12-9(7)14;1-7-4-2-3-5-8(7)6-9;1-4(2)10-6(9)5(3)8-7;/h8-11,15-17,19,21-22H,12-14,18H2,1-7H3;6-9,13-14,16,18-19H,10-12,15H2,1-5H3,(H2,25,26,27);3-4,6H,2,5H2,1H3,(H2,10,11,12)(H2,15,16,17);2-5,9H,6H2,1H3;4-5,8H,1-3H3;1H4/t21-,22-,39?;18-,19-,35?;6-;;5-;/m111.0./s1. The van der Waals surface area contributed by atoms with Gasteiger partial charge in [-0.15, -0.1) is 0 Å². The van der Waals surface area contributed by atoms with Crippen LogP contribution in [0.25, 0.3) is 33.5 Å². The van der Waals surface area contributed by atoms with Crippen molar-refractivity contribution in [3.05, 3.63) is 144 Å². The number of anilines is 2. The van der Waals surface area contributed by atoms with Crippen LogP contribution in [0.3, 0.4) is 0 Å². The first kappa shape index (κ1) is 96.8. The van der Waals surface area contributed by atoms with Crippen molar-refractivity contribution in [2.75, 3.05) is 56.9 Å². The summed E-state index contributed by atoms with van der Waals surface area (Å²) >= 11 is 5.18. The molecule has 0 fully saturated rings. The van der Waals surface area contributed by atoms with Crippen molar-refractivity contribution < 1.29 is 80.4 Å². The van der Waals surface area contributed by atoms with Crippen molar-refractivity contribution >= 4 is 109 Å². The summed E-state index contributed by atoms with van der Waals surface area (Å²) in [5.41, 5.74) is 21.0. The second-order valence-corrected chi connectivity index (χ2v) is 34.5. The molecule has 8 atom stereocenters. The first-order chi connectivity index (χ1) is 52.8. The van der Waals surface area contributed by atoms with Gasteiger partial charge in [0.25, 0.3) is 0 Å². The Kier molecular flexibility index (Phi) is 40.5. The molecule has 2 unspecified atom stereocenters. The van der Waals surface area contributed by atoms with Gasteiger partial charge in [-0.25, -0.2) is 54.7 Å². The maximum Gasteiger partial charge on any atom is 0.350 e. The van der Waals surface area contributed by atoms with Gasteiger partial charge in [0.05, 0.1) is 113 Å². The van der Waals surface area contributed by atoms with Crippen LogP contribution in [0.5, 0.6) is 0 Å². The summed E-state index contributed by atoms with van der Waals surface area (Å²) in [4.78, 5) is 99.0. The lowest BCUT2D eigenvalue weighted by molar-refractivity contribution is -0.152. The number of halogens is 1. The van der Waals surface area contributed by atoms with Crippen LogP contribution in [0.15, 0.2) is 116 Å². The highest BCUT2D eigenvalue weighted by Gasteiger charge is 2.34. The van der Waals surface area contributed by atoms with Crippen LogP contribution in [-0.2, 0) is 105 Å². The maximum atomic E-state index is 14.0. The minimum Gasteiger partial charge on any atom is -0.463 e. The van der Waals surface area contributed by atoms with Gasteiger partial charge in [-0.05, 0) is 135 Å². The molecule has 9 aromatic rings. The summed E-state index contributed by atoms with van der Waals surface area (Å²) in [6.07, 6.45) is 8.09. The lowest BCUT2D eigenvalue weighted by atomic mass is 10.1. The lowest BCUT2D eigenvalue weighted by Gasteiger charge is -2.24. The van der Waals surface area contributed by atoms with Crippen LogP contribution in [0.1, 0.15) is 124 Å². The van der Waals surface area contributed by atoms with E-state index < -0.39 is 64.6 Å². The number of carbonyl (C=O) groups is 3. The summed E-state index contributed by atoms with van der Waals surface area (Å²) in [6.45, 7) is 28.8. The average molecular weight is 1650 g/mol. The Labute approximate surface area is 666 Å². The zero-order chi connectivity index (χ0) is 83.0. The predicted octanol–water partition coefficient (Wildman–Crippen LogP) is 12.1. The third kappa shape index (κ3) is 33.4. The Balaban J connectivity index is 0.000000328. The van der Waals surface area contributed by atoms with Gasteiger partial charge in [0.1, 0.15) is 55.1 Å². The van der Waals surface area contributed by atoms with Crippen molar-refractivity contribution in [1.29, 1.82) is 0 Å². The molecule has 0 amide bonds. The molecule has 113 heavy (non-hydrogen) atoms. The predicted molar refractivity (Wildman–Crippen MR) is 436 cm³/mol. The summed E-state index contributed by atoms with van der Waals surface area (Å²) in [5, 5.41) is 8.72. The Bertz CT molecular complexity index is 4620. The zero-order valence-electron chi connectivity index (χ0n) is 66.6. The van der Waals surface area contributed by atoms with Gasteiger partial charge < -0.3 is 82.4 Å². The highest BCUT2D eigenvalue weighted by Crippen LogP contribution is 2.51. The Morgan fingerprint density at radius 1 is 0.522 bits per heavy atom. The third-order valence-electron chi connectivity index (χ3n) is 16.0. The Morgan fingerprint density at radius 3 is 1.21 bits per heavy atom. The van der Waals surface area contributed by atoms with E-state index in [1.807, 2.05) is 131 Å². The number of hydrogen-bond acceptors (Lipinski definition) is 28. The number of hydrogen-bond donors (Lipinski definition) is 6. The van der Waals surface area contributed by atoms with E-state index in [-0.39, 0.29) is 94.6 Å². The quantitative estimate of drug-likeness (QED) is 0.00536. The molecule has 38 heteroatoms. The molecule has 0 saturated carbocycles. The fourth-order valence-electron chi connectivity index (χ4n) is 10.1. The van der Waals surface area contributed by atoms with E-state index in [1.54, 1.807) is 97.4 Å². The minimum atomic E-state index is -4.16. The number of esters is 3. The summed E-state index contributed by atoms with van der Waals surface area (Å²) < 4.78 is 88.4. The fourth-order valence-corrected chi connectivity index (χ4v) is 14.9. The number of nitrogens with zero attached hydrogens (tertiary/aromatic N) is 14. The van der Waals surface area contributed by atoms with Crippen LogP contribution in [0, 0.1) is 32.6 Å². The van der Waals surface area contributed by atoms with E-state index in [0.29, 0.717) is 64.8 Å². The molecule has 34 nitrogen and oxygen atoms in total. The van der Waals surface area contributed by atoms with Crippen molar-refractivity contribution in [3.8, 4) is 0 Å². The number of nitrogen functional groups attached to an aromatic ring is 2. The monoisotopic (exact) mass is 1650 g/mol. The molecular weight excluding hydrogens is 1540 g/mol. The number of aliphatic imine (C=N–C) groups is 1. The highest BCUT2D eigenvalue weighted by atomic mass is 35.5. The molecule has 6 aromatic heterocycles. The number of nitrogens with one attached hydrogen (secondary N) is 1. The van der Waals surface area contributed by atoms with Gasteiger partial charge in [-0.1, -0.05) is 94.1 Å². The normalized spacial score (nSPS) is 14.1. The Morgan fingerprint density at radius 2 is 0.867 bits per heavy atom. The minimum absolute atomic E-state index is 0. The molecule has 0 spiro atoms. The molecule has 0 aliphatic heterocycles. The van der Waals surface area contributed by atoms with Crippen molar-refractivity contribution in [2.24, 2.45) is 16.8 Å². The molecule has 622 valence electrons. The average Bonchev–Trinajstić information content (AvgIpc) is 1.70. The Hall–Kier alpha value is -8.59. The number of rotatable bonds is 35. The number of aryl methyl sites for hydroxylation is 3. The molecule has 9 rings (SSSR count). The lowest BCUT2D eigenvalue weighted by Crippen LogP contribution is -2.30. The molecular formula is C75H113ClN17O17P3. The first-order valence-corrected chi connectivity index (χ1v) is 42.3. The van der Waals surface area contributed by atoms with Crippen LogP contribution in [-0.4, -0.2) is 191 Å². The molecule has 0 bridgehead atoms. The van der Waals surface area contributed by atoms with Crippen molar-refractivity contribution in [3.63, 3.8) is 0 Å². The van der Waals surface area contributed by atoms with Crippen molar-refractivity contribution in [1.82, 2.24) is 68.3 Å². The van der Waals surface area contributed by atoms with Gasteiger partial charge in [0, 0.05) is 26.4 Å². The molecule has 8 N–H and O–H groups in total. The first-order valence-electron chi connectivity index (χ1n) is 36.1. The van der Waals surface area contributed by atoms with Crippen LogP contribution >= 0.6 is 34.1 Å². The smallest absolute Gasteiger partial charge is 0.350 e. The second kappa shape index (κ2) is 47.3. The summed E-state index contributed by atoms with van der Waals surface area (Å²) in [6, 6.07) is 22.9. The second-order valence-electron chi connectivity index (χ2n) is 27.7. The van der Waals surface area contributed by atoms with Gasteiger partial charge in [-0.3, -0.25) is 28.1 Å². The topological polar surface area (TPSA) is 447 Å². The van der Waals surface area contributed by atoms with Gasteiger partial charge >= 0.3 is 25.5 Å². The van der Waals surface area contributed by atoms with E-state index >= 15 is 0 Å². The van der Waals surface area contributed by atoms with Crippen molar-refractivity contribution in [2.45, 2.75) is 193 Å². The molecule has 0 radical (unpaired) electrons. The number of imidazole rings is 3. The molecule has 0 aliphatic rings. The van der Waals surface area contributed by atoms with Gasteiger partial charge in [0.2, 0.25) is 14.7 Å². The van der Waals surface area contributed by atoms with E-state index in [0.717, 1.165) is 33.4 Å². The number of benzene rings is 3. The van der Waals surface area contributed by atoms with Crippen LogP contribution in [0.2, 0.25) is 0 Å². The van der Waals surface area contributed by atoms with Crippen LogP contribution in [0.4, 0.5) is 17.5 Å².